The molecule has 5 aromatic carbocycles. The summed E-state index contributed by atoms with van der Waals surface area (Å²) < 4.78 is 2.48. The van der Waals surface area contributed by atoms with Crippen molar-refractivity contribution in [2.45, 2.75) is 12.8 Å². The molecule has 7 rings (SSSR count). The van der Waals surface area contributed by atoms with E-state index >= 15 is 0 Å². The first kappa shape index (κ1) is 21.6. The van der Waals surface area contributed by atoms with Crippen LogP contribution in [0, 0.1) is 0 Å². The molecule has 0 unspecified atom stereocenters. The molecule has 0 bridgehead atoms. The maximum atomic E-state index is 2.48. The second-order valence-corrected chi connectivity index (χ2v) is 9.73. The van der Waals surface area contributed by atoms with E-state index in [0.29, 0.717) is 0 Å². The van der Waals surface area contributed by atoms with E-state index in [4.69, 9.17) is 0 Å². The molecule has 0 atom stereocenters. The monoisotopic (exact) mass is 473 g/mol. The van der Waals surface area contributed by atoms with E-state index in [0.717, 1.165) is 12.8 Å². The van der Waals surface area contributed by atoms with Crippen LogP contribution >= 0.6 is 0 Å². The third-order valence-corrected chi connectivity index (χ3v) is 7.48. The molecular formula is C36H27N. The van der Waals surface area contributed by atoms with E-state index in [1.807, 2.05) is 0 Å². The third kappa shape index (κ3) is 3.90. The number of fused-ring (bicyclic) bond motifs is 3. The predicted molar refractivity (Wildman–Crippen MR) is 157 cm³/mol. The van der Waals surface area contributed by atoms with E-state index in [1.54, 1.807) is 0 Å². The van der Waals surface area contributed by atoms with Gasteiger partial charge in [-0.15, -0.1) is 0 Å². The Balaban J connectivity index is 1.37. The Kier molecular flexibility index (Phi) is 5.33. The average Bonchev–Trinajstić information content (AvgIpc) is 3.32. The average molecular weight is 474 g/mol. The Morgan fingerprint density at radius 1 is 0.486 bits per heavy atom. The van der Waals surface area contributed by atoms with Gasteiger partial charge < -0.3 is 4.57 Å². The number of rotatable bonds is 4. The van der Waals surface area contributed by atoms with Crippen LogP contribution in [0.25, 0.3) is 56.0 Å². The van der Waals surface area contributed by atoms with Crippen LogP contribution in [0.4, 0.5) is 0 Å². The Hall–Kier alpha value is -4.62. The molecule has 1 nitrogen and oxygen atoms in total. The molecule has 1 aliphatic rings. The van der Waals surface area contributed by atoms with Crippen molar-refractivity contribution in [1.29, 1.82) is 0 Å². The molecule has 0 N–H and O–H groups in total. The number of allylic oxidation sites excluding steroid dienone is 1. The molecule has 0 spiro atoms. The van der Waals surface area contributed by atoms with E-state index in [1.165, 1.54) is 61.2 Å². The quantitative estimate of drug-likeness (QED) is 0.240. The van der Waals surface area contributed by atoms with Gasteiger partial charge in [-0.3, -0.25) is 0 Å². The summed E-state index contributed by atoms with van der Waals surface area (Å²) in [6.07, 6.45) is 6.75. The lowest BCUT2D eigenvalue weighted by Crippen LogP contribution is -2.02. The summed E-state index contributed by atoms with van der Waals surface area (Å²) in [5.74, 6) is 0. The van der Waals surface area contributed by atoms with Crippen molar-refractivity contribution in [3.8, 4) is 39.1 Å². The van der Waals surface area contributed by atoms with Crippen LogP contribution in [-0.2, 0) is 6.42 Å². The molecule has 0 saturated heterocycles. The Morgan fingerprint density at radius 2 is 1.05 bits per heavy atom. The highest BCUT2D eigenvalue weighted by atomic mass is 15.0. The smallest absolute Gasteiger partial charge is 0.0543 e. The molecule has 0 saturated carbocycles. The fourth-order valence-corrected chi connectivity index (χ4v) is 5.64. The molecule has 0 amide bonds. The van der Waals surface area contributed by atoms with Crippen molar-refractivity contribution in [3.63, 3.8) is 0 Å². The van der Waals surface area contributed by atoms with Gasteiger partial charge in [0.2, 0.25) is 0 Å². The van der Waals surface area contributed by atoms with Gasteiger partial charge in [-0.25, -0.2) is 0 Å². The summed E-state index contributed by atoms with van der Waals surface area (Å²) in [6, 6.07) is 46.1. The summed E-state index contributed by atoms with van der Waals surface area (Å²) in [5.41, 5.74) is 12.7. The topological polar surface area (TPSA) is 4.93 Å². The third-order valence-electron chi connectivity index (χ3n) is 7.48. The van der Waals surface area contributed by atoms with Crippen molar-refractivity contribution in [1.82, 2.24) is 4.57 Å². The van der Waals surface area contributed by atoms with Crippen molar-refractivity contribution in [2.75, 3.05) is 0 Å². The maximum Gasteiger partial charge on any atom is 0.0543 e. The Bertz CT molecular complexity index is 1740. The first-order valence-electron chi connectivity index (χ1n) is 13.0. The minimum absolute atomic E-state index is 1.06. The zero-order valence-corrected chi connectivity index (χ0v) is 20.6. The SMILES string of the molecule is C1=Cc2c(n(-c3ccc(-c4ccccc4)cc3)c3cc(-c4cccc(-c5ccccc5)c4)ccc23)CC1. The summed E-state index contributed by atoms with van der Waals surface area (Å²) in [6.45, 7) is 0. The number of hydrogen-bond acceptors (Lipinski definition) is 0. The van der Waals surface area contributed by atoms with Crippen LogP contribution in [0.15, 0.2) is 133 Å². The standard InChI is InChI=1S/C36H27N/c1-3-10-26(11-4-1)28-18-21-32(22-19-28)37-35-17-8-7-16-33(35)34-23-20-31(25-36(34)37)30-15-9-14-29(24-30)27-12-5-2-6-13-27/h1-7,9-16,18-25H,8,17H2. The normalized spacial score (nSPS) is 12.5. The lowest BCUT2D eigenvalue weighted by Gasteiger charge is -2.14. The van der Waals surface area contributed by atoms with E-state index < -0.39 is 0 Å². The molecule has 1 aromatic heterocycles. The lowest BCUT2D eigenvalue weighted by molar-refractivity contribution is 0.889. The van der Waals surface area contributed by atoms with Crippen LogP contribution < -0.4 is 0 Å². The van der Waals surface area contributed by atoms with E-state index in [-0.39, 0.29) is 0 Å². The van der Waals surface area contributed by atoms with Gasteiger partial charge in [0.1, 0.15) is 0 Å². The number of nitrogens with zero attached hydrogens (tertiary/aromatic N) is 1. The van der Waals surface area contributed by atoms with Gasteiger partial charge in [0.25, 0.3) is 0 Å². The van der Waals surface area contributed by atoms with E-state index in [2.05, 4.69) is 144 Å². The van der Waals surface area contributed by atoms with E-state index in [9.17, 15) is 0 Å². The lowest BCUT2D eigenvalue weighted by atomic mass is 9.97. The van der Waals surface area contributed by atoms with Crippen LogP contribution in [0.5, 0.6) is 0 Å². The molecule has 1 aliphatic carbocycles. The fraction of sp³-hybridized carbons (Fsp3) is 0.0556. The molecule has 176 valence electrons. The van der Waals surface area contributed by atoms with Crippen LogP contribution in [-0.4, -0.2) is 4.57 Å². The highest BCUT2D eigenvalue weighted by molar-refractivity contribution is 5.96. The zero-order chi connectivity index (χ0) is 24.6. The molecule has 0 aliphatic heterocycles. The molecule has 0 fully saturated rings. The van der Waals surface area contributed by atoms with Gasteiger partial charge in [0, 0.05) is 22.3 Å². The predicted octanol–water partition coefficient (Wildman–Crippen LogP) is 9.59. The highest BCUT2D eigenvalue weighted by Crippen LogP contribution is 2.37. The molecule has 37 heavy (non-hydrogen) atoms. The molecule has 0 radical (unpaired) electrons. The molecule has 6 aromatic rings. The van der Waals surface area contributed by atoms with Gasteiger partial charge in [0.05, 0.1) is 5.52 Å². The minimum atomic E-state index is 1.06. The Morgan fingerprint density at radius 3 is 1.78 bits per heavy atom. The second kappa shape index (κ2) is 9.11. The van der Waals surface area contributed by atoms with Gasteiger partial charge in [-0.1, -0.05) is 115 Å². The molecule has 1 heteroatoms. The zero-order valence-electron chi connectivity index (χ0n) is 20.6. The van der Waals surface area contributed by atoms with Crippen LogP contribution in [0.3, 0.4) is 0 Å². The summed E-state index contributed by atoms with van der Waals surface area (Å²) in [4.78, 5) is 0. The summed E-state index contributed by atoms with van der Waals surface area (Å²) in [5, 5.41) is 1.32. The van der Waals surface area contributed by atoms with Crippen molar-refractivity contribution < 1.29 is 0 Å². The molecule has 1 heterocycles. The van der Waals surface area contributed by atoms with Gasteiger partial charge >= 0.3 is 0 Å². The van der Waals surface area contributed by atoms with Crippen molar-refractivity contribution in [3.05, 3.63) is 145 Å². The van der Waals surface area contributed by atoms with Crippen molar-refractivity contribution >= 4 is 17.0 Å². The Labute approximate surface area is 218 Å². The largest absolute Gasteiger partial charge is 0.313 e. The van der Waals surface area contributed by atoms with Crippen LogP contribution in [0.2, 0.25) is 0 Å². The fourth-order valence-electron chi connectivity index (χ4n) is 5.64. The second-order valence-electron chi connectivity index (χ2n) is 9.73. The number of aromatic nitrogens is 1. The maximum absolute atomic E-state index is 2.48. The van der Waals surface area contributed by atoms with Gasteiger partial charge in [-0.2, -0.15) is 0 Å². The first-order chi connectivity index (χ1) is 18.3. The summed E-state index contributed by atoms with van der Waals surface area (Å²) in [7, 11) is 0. The van der Waals surface area contributed by atoms with Crippen LogP contribution in [0.1, 0.15) is 17.7 Å². The number of benzene rings is 5. The first-order valence-corrected chi connectivity index (χ1v) is 13.0. The summed E-state index contributed by atoms with van der Waals surface area (Å²) >= 11 is 0. The van der Waals surface area contributed by atoms with Gasteiger partial charge in [0.15, 0.2) is 0 Å². The molecular weight excluding hydrogens is 446 g/mol. The van der Waals surface area contributed by atoms with Crippen molar-refractivity contribution in [2.24, 2.45) is 0 Å². The minimum Gasteiger partial charge on any atom is -0.313 e. The van der Waals surface area contributed by atoms with Gasteiger partial charge in [-0.05, 0) is 70.5 Å². The number of hydrogen-bond donors (Lipinski definition) is 0. The highest BCUT2D eigenvalue weighted by Gasteiger charge is 2.19.